The smallest absolute Gasteiger partial charge is 0.160 e. The Morgan fingerprint density at radius 2 is 0.851 bits per heavy atom. The molecule has 8 aromatic rings. The SMILES string of the molecule is Cc1cc(Br)cc(OCc2ccccc2)c1.Cc1cc(OCc2ccccc2)cc(C2(O)CN(C(c3ccccc3)c3ccccc3)C2)c1.O=C1CN(C(c2ccccc2)c2ccccc2)C1. The van der Waals surface area contributed by atoms with Gasteiger partial charge in [-0.15, -0.1) is 0 Å². The predicted octanol–water partition coefficient (Wildman–Crippen LogP) is 12.9. The van der Waals surface area contributed by atoms with Crippen LogP contribution in [0.5, 0.6) is 11.5 Å². The fourth-order valence-corrected chi connectivity index (χ4v) is 9.30. The summed E-state index contributed by atoms with van der Waals surface area (Å²) in [5.74, 6) is 2.02. The van der Waals surface area contributed by atoms with E-state index in [4.69, 9.17) is 9.47 Å². The number of carbonyl (C=O) groups is 1. The lowest BCUT2D eigenvalue weighted by Crippen LogP contribution is -2.60. The van der Waals surface area contributed by atoms with E-state index in [1.807, 2.05) is 109 Å². The summed E-state index contributed by atoms with van der Waals surface area (Å²) in [5, 5.41) is 11.5. The molecular formula is C60H57BrN2O4. The average molecular weight is 950 g/mol. The first-order valence-corrected chi connectivity index (χ1v) is 23.6. The highest BCUT2D eigenvalue weighted by Gasteiger charge is 2.46. The summed E-state index contributed by atoms with van der Waals surface area (Å²) >= 11 is 3.46. The van der Waals surface area contributed by atoms with Crippen molar-refractivity contribution in [3.8, 4) is 11.5 Å². The lowest BCUT2D eigenvalue weighted by molar-refractivity contribution is -0.130. The van der Waals surface area contributed by atoms with Crippen molar-refractivity contribution in [1.29, 1.82) is 0 Å². The van der Waals surface area contributed by atoms with E-state index in [9.17, 15) is 9.90 Å². The van der Waals surface area contributed by atoms with Crippen molar-refractivity contribution in [2.75, 3.05) is 26.2 Å². The van der Waals surface area contributed by atoms with E-state index in [1.165, 1.54) is 33.4 Å². The fourth-order valence-electron chi connectivity index (χ4n) is 8.72. The van der Waals surface area contributed by atoms with Gasteiger partial charge in [-0.05, 0) is 94.3 Å². The lowest BCUT2D eigenvalue weighted by Gasteiger charge is -2.50. The normalized spacial score (nSPS) is 14.1. The Kier molecular flexibility index (Phi) is 15.9. The third-order valence-electron chi connectivity index (χ3n) is 12.0. The van der Waals surface area contributed by atoms with E-state index in [0.29, 0.717) is 45.2 Å². The van der Waals surface area contributed by atoms with Crippen molar-refractivity contribution in [1.82, 2.24) is 9.80 Å². The molecule has 0 aliphatic carbocycles. The molecule has 7 heteroatoms. The monoisotopic (exact) mass is 948 g/mol. The highest BCUT2D eigenvalue weighted by Crippen LogP contribution is 2.42. The Hall–Kier alpha value is -6.61. The zero-order chi connectivity index (χ0) is 46.4. The number of likely N-dealkylation sites (tertiary alicyclic amines) is 2. The summed E-state index contributed by atoms with van der Waals surface area (Å²) in [5.41, 5.74) is 9.58. The molecule has 0 amide bonds. The Balaban J connectivity index is 0.000000150. The number of hydrogen-bond acceptors (Lipinski definition) is 6. The molecule has 0 bridgehead atoms. The van der Waals surface area contributed by atoms with Crippen LogP contribution in [0.4, 0.5) is 0 Å². The summed E-state index contributed by atoms with van der Waals surface area (Å²) in [4.78, 5) is 15.8. The van der Waals surface area contributed by atoms with Crippen molar-refractivity contribution >= 4 is 21.7 Å². The van der Waals surface area contributed by atoms with Crippen molar-refractivity contribution in [2.45, 2.75) is 44.7 Å². The van der Waals surface area contributed by atoms with Crippen LogP contribution in [0.3, 0.4) is 0 Å². The second-order valence-corrected chi connectivity index (χ2v) is 18.3. The molecular weight excluding hydrogens is 893 g/mol. The average Bonchev–Trinajstić information content (AvgIpc) is 3.34. The van der Waals surface area contributed by atoms with Gasteiger partial charge in [0.05, 0.1) is 25.2 Å². The van der Waals surface area contributed by atoms with Gasteiger partial charge >= 0.3 is 0 Å². The van der Waals surface area contributed by atoms with E-state index < -0.39 is 5.60 Å². The number of aryl methyl sites for hydroxylation is 2. The topological polar surface area (TPSA) is 62.2 Å². The Morgan fingerprint density at radius 1 is 0.493 bits per heavy atom. The van der Waals surface area contributed by atoms with Gasteiger partial charge in [0.25, 0.3) is 0 Å². The summed E-state index contributed by atoms with van der Waals surface area (Å²) in [7, 11) is 0. The van der Waals surface area contributed by atoms with E-state index in [-0.39, 0.29) is 12.1 Å². The standard InChI is InChI=1S/C30H29NO2.C16H15NO.C14H13BrO/c1-23-17-27(19-28(18-23)33-20-24-11-5-2-6-12-24)30(32)21-31(22-30)29(25-13-7-3-8-14-25)26-15-9-4-10-16-26;18-15-11-17(12-15)16(13-7-3-1-4-8-13)14-9-5-2-6-10-14;1-11-7-13(15)9-14(8-11)16-10-12-5-3-2-4-6-12/h2-19,29,32H,20-22H2,1H3;1-10,16H,11-12H2;2-9H,10H2,1H3. The molecule has 2 fully saturated rings. The molecule has 10 rings (SSSR count). The summed E-state index contributed by atoms with van der Waals surface area (Å²) < 4.78 is 12.8. The molecule has 67 heavy (non-hydrogen) atoms. The molecule has 2 aliphatic rings. The minimum Gasteiger partial charge on any atom is -0.489 e. The number of ether oxygens (including phenoxy) is 2. The van der Waals surface area contributed by atoms with Crippen LogP contribution in [-0.2, 0) is 23.6 Å². The van der Waals surface area contributed by atoms with Gasteiger partial charge in [0.15, 0.2) is 5.78 Å². The second-order valence-electron chi connectivity index (χ2n) is 17.4. The minimum atomic E-state index is -0.890. The Labute approximate surface area is 404 Å². The quantitative estimate of drug-likeness (QED) is 0.124. The third-order valence-corrected chi connectivity index (χ3v) is 12.4. The molecule has 2 aliphatic heterocycles. The fraction of sp³-hybridized carbons (Fsp3) is 0.183. The second kappa shape index (κ2) is 22.7. The number of Topliss-reactive ketones (excluding diaryl/α,β-unsaturated/α-hetero) is 1. The van der Waals surface area contributed by atoms with Gasteiger partial charge in [0.2, 0.25) is 0 Å². The Morgan fingerprint density at radius 3 is 1.24 bits per heavy atom. The van der Waals surface area contributed by atoms with Gasteiger partial charge in [0, 0.05) is 17.6 Å². The zero-order valence-corrected chi connectivity index (χ0v) is 39.7. The molecule has 0 saturated carbocycles. The molecule has 2 saturated heterocycles. The first kappa shape index (κ1) is 46.9. The van der Waals surface area contributed by atoms with Crippen molar-refractivity contribution in [2.24, 2.45) is 0 Å². The zero-order valence-electron chi connectivity index (χ0n) is 38.1. The number of halogens is 1. The van der Waals surface area contributed by atoms with Gasteiger partial charge in [0.1, 0.15) is 30.3 Å². The van der Waals surface area contributed by atoms with Gasteiger partial charge in [-0.2, -0.15) is 0 Å². The van der Waals surface area contributed by atoms with Crippen LogP contribution in [0.25, 0.3) is 0 Å². The first-order valence-electron chi connectivity index (χ1n) is 22.8. The summed E-state index contributed by atoms with van der Waals surface area (Å²) in [6.07, 6.45) is 0. The van der Waals surface area contributed by atoms with Crippen molar-refractivity contribution in [3.63, 3.8) is 0 Å². The van der Waals surface area contributed by atoms with E-state index >= 15 is 0 Å². The van der Waals surface area contributed by atoms with Crippen LogP contribution in [0, 0.1) is 13.8 Å². The van der Waals surface area contributed by atoms with Gasteiger partial charge < -0.3 is 14.6 Å². The number of ketones is 1. The molecule has 0 unspecified atom stereocenters. The molecule has 0 aromatic heterocycles. The van der Waals surface area contributed by atoms with Gasteiger partial charge in [-0.25, -0.2) is 0 Å². The molecule has 0 atom stereocenters. The lowest BCUT2D eigenvalue weighted by atomic mass is 9.82. The number of β-amino-alcohol motifs (C(OH)–C–C–N with tert-alkyl or cyclic N) is 1. The molecule has 0 radical (unpaired) electrons. The maximum Gasteiger partial charge on any atom is 0.160 e. The number of carbonyl (C=O) groups excluding carboxylic acids is 1. The number of benzene rings is 8. The number of aliphatic hydroxyl groups is 1. The van der Waals surface area contributed by atoms with Crippen LogP contribution < -0.4 is 9.47 Å². The Bertz CT molecular complexity index is 2660. The molecule has 6 nitrogen and oxygen atoms in total. The van der Waals surface area contributed by atoms with Crippen LogP contribution in [0.2, 0.25) is 0 Å². The maximum atomic E-state index is 11.5. The predicted molar refractivity (Wildman–Crippen MR) is 273 cm³/mol. The van der Waals surface area contributed by atoms with E-state index in [2.05, 4.69) is 149 Å². The van der Waals surface area contributed by atoms with Crippen molar-refractivity contribution in [3.05, 3.63) is 273 Å². The largest absolute Gasteiger partial charge is 0.489 e. The van der Waals surface area contributed by atoms with Crippen LogP contribution >= 0.6 is 15.9 Å². The molecule has 0 spiro atoms. The number of rotatable bonds is 13. The molecule has 8 aromatic carbocycles. The summed E-state index contributed by atoms with van der Waals surface area (Å²) in [6, 6.07) is 74.6. The summed E-state index contributed by atoms with van der Waals surface area (Å²) in [6.45, 7) is 7.50. The van der Waals surface area contributed by atoms with Crippen LogP contribution in [0.15, 0.2) is 223 Å². The highest BCUT2D eigenvalue weighted by atomic mass is 79.9. The molecule has 2 heterocycles. The molecule has 338 valence electrons. The van der Waals surface area contributed by atoms with E-state index in [0.717, 1.165) is 32.7 Å². The number of hydrogen-bond donors (Lipinski definition) is 1. The van der Waals surface area contributed by atoms with E-state index in [1.54, 1.807) is 0 Å². The third kappa shape index (κ3) is 12.8. The van der Waals surface area contributed by atoms with Gasteiger partial charge in [-0.3, -0.25) is 14.6 Å². The number of nitrogens with zero attached hydrogens (tertiary/aromatic N) is 2. The molecule has 1 N–H and O–H groups in total. The van der Waals surface area contributed by atoms with Crippen LogP contribution in [-0.4, -0.2) is 46.9 Å². The van der Waals surface area contributed by atoms with Gasteiger partial charge in [-0.1, -0.05) is 204 Å². The minimum absolute atomic E-state index is 0.117. The van der Waals surface area contributed by atoms with Crippen molar-refractivity contribution < 1.29 is 19.4 Å². The highest BCUT2D eigenvalue weighted by molar-refractivity contribution is 9.10. The van der Waals surface area contributed by atoms with Crippen LogP contribution in [0.1, 0.15) is 62.2 Å². The first-order chi connectivity index (χ1) is 32.7. The maximum absolute atomic E-state index is 11.5.